The molecular weight excluding hydrogens is 989 g/mol. The Morgan fingerprint density at radius 3 is 2.29 bits per heavy atom. The van der Waals surface area contributed by atoms with E-state index < -0.39 is 70.2 Å². The molecule has 1 aliphatic carbocycles. The van der Waals surface area contributed by atoms with E-state index in [-0.39, 0.29) is 81.5 Å². The number of halogens is 2. The number of aromatic nitrogens is 2. The Kier molecular flexibility index (Phi) is 16.4. The number of nitrogens with zero attached hydrogens (tertiary/aromatic N) is 4. The second-order valence-corrected chi connectivity index (χ2v) is 20.5. The van der Waals surface area contributed by atoms with Crippen LogP contribution in [0.5, 0.6) is 23.0 Å². The number of aliphatic hydroxyl groups excluding tert-OH is 1. The van der Waals surface area contributed by atoms with Gasteiger partial charge in [0.05, 0.1) is 53.7 Å². The van der Waals surface area contributed by atoms with Crippen molar-refractivity contribution < 1.29 is 56.8 Å². The van der Waals surface area contributed by atoms with Gasteiger partial charge in [0.2, 0.25) is 29.5 Å². The van der Waals surface area contributed by atoms with Gasteiger partial charge in [-0.3, -0.25) is 33.9 Å². The van der Waals surface area contributed by atoms with E-state index in [9.17, 15) is 33.5 Å². The maximum Gasteiger partial charge on any atom is 0.247 e. The minimum Gasteiger partial charge on any atom is -0.493 e. The van der Waals surface area contributed by atoms with Gasteiger partial charge < -0.3 is 45.3 Å². The van der Waals surface area contributed by atoms with Gasteiger partial charge in [-0.25, -0.2) is 13.8 Å². The highest BCUT2D eigenvalue weighted by Gasteiger charge is 2.57. The average molecular weight is 1050 g/mol. The molecule has 1 aliphatic heterocycles. The van der Waals surface area contributed by atoms with Crippen molar-refractivity contribution in [3.8, 4) is 33.4 Å². The van der Waals surface area contributed by atoms with Crippen LogP contribution in [-0.2, 0) is 35.3 Å². The van der Waals surface area contributed by atoms with Gasteiger partial charge in [0.25, 0.3) is 0 Å². The van der Waals surface area contributed by atoms with Crippen LogP contribution in [0.3, 0.4) is 0 Å². The van der Waals surface area contributed by atoms with Crippen molar-refractivity contribution in [2.75, 3.05) is 38.4 Å². The smallest absolute Gasteiger partial charge is 0.247 e. The number of thiazole rings is 1. The summed E-state index contributed by atoms with van der Waals surface area (Å²) in [6.07, 6.45) is 1.53. The van der Waals surface area contributed by atoms with Gasteiger partial charge >= 0.3 is 0 Å². The SMILES string of the molecule is COc1cc2c(Oc3ccc(N(C(=O)C4(C(N)=O)CC4)c4ccc(F)cc4)cc3F)ccnc2cc1OCCCOCCC(=O)N[C@H](C(=O)N1C[C@H](O)C[C@H]1C(=O)NCc1ccc(-c2scnc2C)cc1)C(C)(C)C. The monoisotopic (exact) mass is 1050 g/mol. The van der Waals surface area contributed by atoms with Crippen molar-refractivity contribution in [1.29, 1.82) is 0 Å². The second-order valence-electron chi connectivity index (χ2n) is 19.6. The van der Waals surface area contributed by atoms with Crippen LogP contribution in [0, 0.1) is 29.4 Å². The normalized spacial score (nSPS) is 16.2. The van der Waals surface area contributed by atoms with Crippen LogP contribution < -0.4 is 35.5 Å². The fraction of sp³-hybridized carbons (Fsp3) is 0.364. The van der Waals surface area contributed by atoms with Crippen LogP contribution in [0.25, 0.3) is 21.3 Å². The number of hydrogen-bond donors (Lipinski definition) is 4. The third kappa shape index (κ3) is 12.4. The molecule has 5 amide bonds. The molecule has 0 unspecified atom stereocenters. The molecule has 17 nitrogen and oxygen atoms in total. The molecule has 6 aromatic rings. The average Bonchev–Trinajstić information content (AvgIpc) is 3.96. The number of aryl methyl sites for hydroxylation is 1. The van der Waals surface area contributed by atoms with Gasteiger partial charge in [-0.05, 0) is 84.8 Å². The molecule has 0 bridgehead atoms. The molecule has 1 saturated heterocycles. The highest BCUT2D eigenvalue weighted by molar-refractivity contribution is 7.13. The van der Waals surface area contributed by atoms with E-state index in [1.165, 1.54) is 42.5 Å². The van der Waals surface area contributed by atoms with Gasteiger partial charge in [-0.1, -0.05) is 45.0 Å². The van der Waals surface area contributed by atoms with Gasteiger partial charge in [-0.15, -0.1) is 11.3 Å². The molecule has 1 saturated carbocycles. The predicted molar refractivity (Wildman–Crippen MR) is 276 cm³/mol. The first-order valence-electron chi connectivity index (χ1n) is 24.5. The van der Waals surface area contributed by atoms with Crippen molar-refractivity contribution in [2.24, 2.45) is 16.6 Å². The number of likely N-dealkylation sites (tertiary alicyclic amines) is 1. The zero-order valence-corrected chi connectivity index (χ0v) is 43.0. The van der Waals surface area contributed by atoms with E-state index in [4.69, 9.17) is 24.7 Å². The molecule has 0 spiro atoms. The number of benzene rings is 4. The van der Waals surface area contributed by atoms with E-state index in [2.05, 4.69) is 20.6 Å². The summed E-state index contributed by atoms with van der Waals surface area (Å²) in [5, 5.41) is 16.8. The summed E-state index contributed by atoms with van der Waals surface area (Å²) in [7, 11) is 1.46. The van der Waals surface area contributed by atoms with Gasteiger partial charge in [-0.2, -0.15) is 0 Å². The number of carbonyl (C=O) groups excluding carboxylic acids is 5. The zero-order chi connectivity index (χ0) is 53.6. The number of nitrogens with two attached hydrogens (primary N) is 1. The number of fused-ring (bicyclic) bond motifs is 1. The quantitative estimate of drug-likeness (QED) is 0.0403. The lowest BCUT2D eigenvalue weighted by molar-refractivity contribution is -0.144. The first kappa shape index (κ1) is 53.7. The molecule has 2 aromatic heterocycles. The third-order valence-corrected chi connectivity index (χ3v) is 14.2. The summed E-state index contributed by atoms with van der Waals surface area (Å²) >= 11 is 1.56. The Bertz CT molecular complexity index is 3070. The molecule has 0 radical (unpaired) electrons. The van der Waals surface area contributed by atoms with Crippen molar-refractivity contribution >= 4 is 63.2 Å². The highest BCUT2D eigenvalue weighted by Crippen LogP contribution is 2.49. The van der Waals surface area contributed by atoms with Crippen LogP contribution in [0.1, 0.15) is 64.1 Å². The predicted octanol–water partition coefficient (Wildman–Crippen LogP) is 7.66. The van der Waals surface area contributed by atoms with E-state index in [1.807, 2.05) is 52.0 Å². The summed E-state index contributed by atoms with van der Waals surface area (Å²) in [5.74, 6) is -3.31. The second kappa shape index (κ2) is 22.9. The third-order valence-electron chi connectivity index (χ3n) is 13.2. The standard InChI is InChI=1S/C55H59F2N7O10S/c1-32-48(75-31-61-32)34-9-7-33(8-10-34)29-60-50(67)42-26-38(65)30-63(42)51(68)49(54(2,3)4)62-47(66)18-24-72-22-6-23-73-46-28-41-39(27-45(46)71-5)43(17-21-59-41)74-44-16-15-37(25-40(44)57)64(36-13-11-35(56)12-14-36)53(70)55(19-20-55)52(58)69/h7-17,21,25,27-28,31,38,42,49,65H,6,18-20,22-24,26,29-30H2,1-5H3,(H2,58,69)(H,60,67)(H,62,66)/t38-,42+,49-/m1/s1. The number of primary amides is 1. The largest absolute Gasteiger partial charge is 0.493 e. The summed E-state index contributed by atoms with van der Waals surface area (Å²) in [5.41, 5.74) is 8.82. The number of rotatable bonds is 21. The molecule has 3 heterocycles. The summed E-state index contributed by atoms with van der Waals surface area (Å²) in [6, 6.07) is 19.6. The Hall–Kier alpha value is -7.55. The molecule has 5 N–H and O–H groups in total. The number of anilines is 2. The van der Waals surface area contributed by atoms with Gasteiger partial charge in [0, 0.05) is 68.4 Å². The number of β-amino-alcohol motifs (C(OH)–C–C–N with tert-alkyl or cyclic N) is 1. The Labute approximate surface area is 436 Å². The maximum absolute atomic E-state index is 15.9. The van der Waals surface area contributed by atoms with Crippen LogP contribution in [0.2, 0.25) is 0 Å². The molecule has 4 aromatic carbocycles. The first-order chi connectivity index (χ1) is 35.9. The highest BCUT2D eigenvalue weighted by atomic mass is 32.1. The van der Waals surface area contributed by atoms with E-state index in [0.717, 1.165) is 44.8 Å². The van der Waals surface area contributed by atoms with E-state index in [1.54, 1.807) is 35.0 Å². The molecule has 75 heavy (non-hydrogen) atoms. The summed E-state index contributed by atoms with van der Waals surface area (Å²) in [4.78, 5) is 79.1. The molecule has 3 atom stereocenters. The van der Waals surface area contributed by atoms with Crippen LogP contribution in [0.15, 0.2) is 96.6 Å². The lowest BCUT2D eigenvalue weighted by Crippen LogP contribution is -2.57. The first-order valence-corrected chi connectivity index (χ1v) is 25.3. The Balaban J connectivity index is 0.815. The number of nitrogens with one attached hydrogen (secondary N) is 2. The number of carbonyl (C=O) groups is 5. The van der Waals surface area contributed by atoms with Crippen molar-refractivity contribution in [1.82, 2.24) is 25.5 Å². The number of pyridine rings is 1. The van der Waals surface area contributed by atoms with Gasteiger partial charge in [0.1, 0.15) is 29.1 Å². The molecular formula is C55H59F2N7O10S. The van der Waals surface area contributed by atoms with Gasteiger partial charge in [0.15, 0.2) is 23.1 Å². The zero-order valence-electron chi connectivity index (χ0n) is 42.2. The molecule has 2 aliphatic rings. The fourth-order valence-corrected chi connectivity index (χ4v) is 9.63. The Morgan fingerprint density at radius 2 is 1.64 bits per heavy atom. The molecule has 20 heteroatoms. The van der Waals surface area contributed by atoms with Crippen LogP contribution in [-0.4, -0.2) is 101 Å². The minimum absolute atomic E-state index is 0.0388. The number of ether oxygens (including phenoxy) is 4. The van der Waals surface area contributed by atoms with Crippen molar-refractivity contribution in [3.05, 3.63) is 120 Å². The lowest BCUT2D eigenvalue weighted by Gasteiger charge is -2.35. The van der Waals surface area contributed by atoms with Crippen LogP contribution >= 0.6 is 11.3 Å². The molecule has 8 rings (SSSR count). The maximum atomic E-state index is 15.9. The fourth-order valence-electron chi connectivity index (χ4n) is 8.82. The number of methoxy groups -OCH3 is 1. The Morgan fingerprint density at radius 1 is 0.907 bits per heavy atom. The van der Waals surface area contributed by atoms with E-state index >= 15 is 4.39 Å². The number of amides is 5. The summed E-state index contributed by atoms with van der Waals surface area (Å²) in [6.45, 7) is 8.10. The summed E-state index contributed by atoms with van der Waals surface area (Å²) < 4.78 is 53.2. The number of aliphatic hydroxyl groups is 1. The minimum atomic E-state index is -1.44. The number of hydrogen-bond acceptors (Lipinski definition) is 13. The lowest BCUT2D eigenvalue weighted by atomic mass is 9.85. The topological polar surface area (TPSA) is 225 Å². The van der Waals surface area contributed by atoms with Crippen molar-refractivity contribution in [3.63, 3.8) is 0 Å². The molecule has 394 valence electrons. The van der Waals surface area contributed by atoms with Crippen molar-refractivity contribution in [2.45, 2.75) is 84.5 Å². The van der Waals surface area contributed by atoms with Crippen LogP contribution in [0.4, 0.5) is 20.2 Å². The molecule has 2 fully saturated rings. The van der Waals surface area contributed by atoms with E-state index in [0.29, 0.717) is 28.8 Å².